The second kappa shape index (κ2) is 3.83. The van der Waals surface area contributed by atoms with Gasteiger partial charge in [-0.25, -0.2) is 0 Å². The topological polar surface area (TPSA) is 57.6 Å². The molecule has 0 saturated carbocycles. The van der Waals surface area contributed by atoms with Gasteiger partial charge in [-0.2, -0.15) is 0 Å². The number of carboxylic acids is 1. The van der Waals surface area contributed by atoms with E-state index in [1.54, 1.807) is 6.92 Å². The third kappa shape index (κ3) is 2.24. The molecule has 0 aromatic rings. The van der Waals surface area contributed by atoms with E-state index in [4.69, 9.17) is 5.11 Å². The maximum absolute atomic E-state index is 11.3. The van der Waals surface area contributed by atoms with Crippen LogP contribution >= 0.6 is 11.8 Å². The van der Waals surface area contributed by atoms with E-state index in [9.17, 15) is 9.59 Å². The highest BCUT2D eigenvalue weighted by atomic mass is 32.2. The lowest BCUT2D eigenvalue weighted by Gasteiger charge is -2.27. The zero-order chi connectivity index (χ0) is 10.0. The molecule has 1 rings (SSSR count). The molecule has 5 heteroatoms. The molecule has 13 heavy (non-hydrogen) atoms. The van der Waals surface area contributed by atoms with Crippen molar-refractivity contribution < 1.29 is 14.7 Å². The summed E-state index contributed by atoms with van der Waals surface area (Å²) in [4.78, 5) is 24.1. The first-order valence-electron chi connectivity index (χ1n) is 3.85. The Hall–Kier alpha value is -0.970. The number of carbonyl (C=O) groups excluding carboxylic acids is 1. The van der Waals surface area contributed by atoms with Crippen molar-refractivity contribution >= 4 is 23.6 Å². The quantitative estimate of drug-likeness (QED) is 0.721. The first-order chi connectivity index (χ1) is 6.02. The minimum Gasteiger partial charge on any atom is -0.480 e. The molecular weight excluding hydrogens is 190 g/mol. The summed E-state index contributed by atoms with van der Waals surface area (Å²) < 4.78 is 0. The Kier molecular flexibility index (Phi) is 2.98. The summed E-state index contributed by atoms with van der Waals surface area (Å²) in [5, 5.41) is 8.56. The third-order valence-corrected chi connectivity index (χ3v) is 3.04. The van der Waals surface area contributed by atoms with E-state index in [-0.39, 0.29) is 12.5 Å². The van der Waals surface area contributed by atoms with Crippen LogP contribution in [0.5, 0.6) is 0 Å². The van der Waals surface area contributed by atoms with Crippen LogP contribution in [-0.4, -0.2) is 34.2 Å². The summed E-state index contributed by atoms with van der Waals surface area (Å²) in [6, 6.07) is 0. The minimum absolute atomic E-state index is 0.129. The summed E-state index contributed by atoms with van der Waals surface area (Å²) in [6.45, 7) is 3.42. The molecule has 0 atom stereocenters. The van der Waals surface area contributed by atoms with Gasteiger partial charge in [0.25, 0.3) is 0 Å². The Morgan fingerprint density at radius 1 is 1.62 bits per heavy atom. The van der Waals surface area contributed by atoms with E-state index in [2.05, 4.69) is 0 Å². The average Bonchev–Trinajstić information content (AvgIpc) is 2.05. The van der Waals surface area contributed by atoms with Gasteiger partial charge in [0.1, 0.15) is 6.54 Å². The lowest BCUT2D eigenvalue weighted by molar-refractivity contribution is -0.142. The molecular formula is C8H11NO3S. The first kappa shape index (κ1) is 10.1. The normalized spacial score (nSPS) is 18.0. The van der Waals surface area contributed by atoms with Crippen LogP contribution in [0, 0.1) is 0 Å². The smallest absolute Gasteiger partial charge is 0.323 e. The molecule has 0 spiro atoms. The van der Waals surface area contributed by atoms with Crippen LogP contribution in [-0.2, 0) is 9.59 Å². The summed E-state index contributed by atoms with van der Waals surface area (Å²) in [7, 11) is 0. The van der Waals surface area contributed by atoms with E-state index in [1.165, 1.54) is 16.7 Å². The fraction of sp³-hybridized carbons (Fsp3) is 0.500. The second-order valence-electron chi connectivity index (χ2n) is 2.80. The molecule has 1 N–H and O–H groups in total. The molecule has 0 aromatic heterocycles. The number of thioether (sulfide) groups is 1. The maximum atomic E-state index is 11.3. The van der Waals surface area contributed by atoms with Crippen molar-refractivity contribution in [1.82, 2.24) is 4.90 Å². The largest absolute Gasteiger partial charge is 0.480 e. The van der Waals surface area contributed by atoms with Crippen LogP contribution in [0.2, 0.25) is 0 Å². The minimum atomic E-state index is -0.979. The van der Waals surface area contributed by atoms with Gasteiger partial charge in [-0.15, -0.1) is 11.8 Å². The Balaban J connectivity index is 2.84. The lowest BCUT2D eigenvalue weighted by atomic mass is 10.3. The van der Waals surface area contributed by atoms with E-state index in [1.807, 2.05) is 6.92 Å². The van der Waals surface area contributed by atoms with Crippen molar-refractivity contribution in [2.75, 3.05) is 12.3 Å². The monoisotopic (exact) mass is 201 g/mol. The molecule has 1 aliphatic rings. The fourth-order valence-corrected chi connectivity index (χ4v) is 1.89. The average molecular weight is 201 g/mol. The summed E-state index contributed by atoms with van der Waals surface area (Å²) in [6.07, 6.45) is 0. The molecule has 1 heterocycles. The van der Waals surface area contributed by atoms with Crippen LogP contribution in [0.15, 0.2) is 10.6 Å². The van der Waals surface area contributed by atoms with Gasteiger partial charge in [0.2, 0.25) is 5.91 Å². The zero-order valence-electron chi connectivity index (χ0n) is 7.53. The SMILES string of the molecule is CC1=C(C)N(CC(=O)O)C(=O)CS1. The zero-order valence-corrected chi connectivity index (χ0v) is 8.35. The number of allylic oxidation sites excluding steroid dienone is 2. The Bertz CT molecular complexity index is 285. The van der Waals surface area contributed by atoms with Crippen LogP contribution < -0.4 is 0 Å². The number of nitrogens with zero attached hydrogens (tertiary/aromatic N) is 1. The van der Waals surface area contributed by atoms with Crippen LogP contribution in [0.25, 0.3) is 0 Å². The highest BCUT2D eigenvalue weighted by Crippen LogP contribution is 2.27. The number of carboxylic acid groups (broad SMARTS) is 1. The van der Waals surface area contributed by atoms with E-state index >= 15 is 0 Å². The first-order valence-corrected chi connectivity index (χ1v) is 4.83. The highest BCUT2D eigenvalue weighted by molar-refractivity contribution is 8.03. The standard InChI is InChI=1S/C8H11NO3S/c1-5-6(2)13-4-7(10)9(5)3-8(11)12/h3-4H2,1-2H3,(H,11,12). The molecule has 0 saturated heterocycles. The fourth-order valence-electron chi connectivity index (χ4n) is 1.07. The predicted octanol–water partition coefficient (Wildman–Crippen LogP) is 0.898. The number of hydrogen-bond acceptors (Lipinski definition) is 3. The van der Waals surface area contributed by atoms with Crippen molar-refractivity contribution in [2.24, 2.45) is 0 Å². The number of hydrogen-bond donors (Lipinski definition) is 1. The van der Waals surface area contributed by atoms with Gasteiger partial charge < -0.3 is 10.0 Å². The van der Waals surface area contributed by atoms with Gasteiger partial charge in [0, 0.05) is 10.6 Å². The van der Waals surface area contributed by atoms with Crippen LogP contribution in [0.1, 0.15) is 13.8 Å². The highest BCUT2D eigenvalue weighted by Gasteiger charge is 2.24. The van der Waals surface area contributed by atoms with Gasteiger partial charge >= 0.3 is 5.97 Å². The van der Waals surface area contributed by atoms with Crippen molar-refractivity contribution in [3.05, 3.63) is 10.6 Å². The van der Waals surface area contributed by atoms with Gasteiger partial charge in [-0.1, -0.05) is 0 Å². The second-order valence-corrected chi connectivity index (χ2v) is 3.99. The molecule has 0 bridgehead atoms. The predicted molar refractivity (Wildman–Crippen MR) is 50.2 cm³/mol. The number of aliphatic carboxylic acids is 1. The summed E-state index contributed by atoms with van der Waals surface area (Å²) in [5.74, 6) is -0.765. The van der Waals surface area contributed by atoms with E-state index < -0.39 is 5.97 Å². The van der Waals surface area contributed by atoms with Crippen molar-refractivity contribution in [3.8, 4) is 0 Å². The lowest BCUT2D eigenvalue weighted by Crippen LogP contribution is -2.37. The van der Waals surface area contributed by atoms with Crippen LogP contribution in [0.3, 0.4) is 0 Å². The van der Waals surface area contributed by atoms with Crippen LogP contribution in [0.4, 0.5) is 0 Å². The van der Waals surface area contributed by atoms with E-state index in [0.717, 1.165) is 10.6 Å². The molecule has 0 unspecified atom stereocenters. The summed E-state index contributed by atoms with van der Waals surface area (Å²) >= 11 is 1.46. The molecule has 0 fully saturated rings. The number of rotatable bonds is 2. The van der Waals surface area contributed by atoms with Gasteiger partial charge in [0.05, 0.1) is 5.75 Å². The van der Waals surface area contributed by atoms with E-state index in [0.29, 0.717) is 5.75 Å². The summed E-state index contributed by atoms with van der Waals surface area (Å²) in [5.41, 5.74) is 0.753. The Morgan fingerprint density at radius 3 is 2.77 bits per heavy atom. The Morgan fingerprint density at radius 2 is 2.23 bits per heavy atom. The molecule has 1 aliphatic heterocycles. The number of amides is 1. The molecule has 1 amide bonds. The maximum Gasteiger partial charge on any atom is 0.323 e. The molecule has 0 radical (unpaired) electrons. The van der Waals surface area contributed by atoms with Crippen molar-refractivity contribution in [2.45, 2.75) is 13.8 Å². The third-order valence-electron chi connectivity index (χ3n) is 1.92. The molecule has 0 aliphatic carbocycles. The molecule has 4 nitrogen and oxygen atoms in total. The van der Waals surface area contributed by atoms with Gasteiger partial charge in [-0.3, -0.25) is 9.59 Å². The van der Waals surface area contributed by atoms with Crippen molar-refractivity contribution in [1.29, 1.82) is 0 Å². The van der Waals surface area contributed by atoms with Gasteiger partial charge in [-0.05, 0) is 13.8 Å². The Labute approximate surface area is 80.6 Å². The molecule has 0 aromatic carbocycles. The van der Waals surface area contributed by atoms with Gasteiger partial charge in [0.15, 0.2) is 0 Å². The van der Waals surface area contributed by atoms with Crippen molar-refractivity contribution in [3.63, 3.8) is 0 Å². The number of carbonyl (C=O) groups is 2. The molecule has 72 valence electrons.